The van der Waals surface area contributed by atoms with Gasteiger partial charge in [0.15, 0.2) is 0 Å². The van der Waals surface area contributed by atoms with E-state index in [0.29, 0.717) is 0 Å². The van der Waals surface area contributed by atoms with Crippen LogP contribution in [0.3, 0.4) is 0 Å². The summed E-state index contributed by atoms with van der Waals surface area (Å²) in [4.78, 5) is 5.70. The lowest BCUT2D eigenvalue weighted by atomic mass is 10.0. The molecule has 4 nitrogen and oxygen atoms in total. The smallest absolute Gasteiger partial charge is 0.138 e. The molecule has 0 saturated carbocycles. The molecular weight excluding hydrogens is 849 g/mol. The first-order valence-electron chi connectivity index (χ1n) is 24.4. The second kappa shape index (κ2) is 15.8. The van der Waals surface area contributed by atoms with Gasteiger partial charge in [0.2, 0.25) is 0 Å². The van der Waals surface area contributed by atoms with E-state index in [4.69, 9.17) is 4.98 Å². The number of aryl methyl sites for hydroxylation is 7. The van der Waals surface area contributed by atoms with Gasteiger partial charge < -0.3 is 9.13 Å². The number of rotatable bonds is 6. The Kier molecular flexibility index (Phi) is 9.41. The maximum atomic E-state index is 5.70. The van der Waals surface area contributed by atoms with Crippen molar-refractivity contribution in [1.82, 2.24) is 18.7 Å². The second-order valence-corrected chi connectivity index (χ2v) is 19.9. The van der Waals surface area contributed by atoms with Crippen LogP contribution in [0.4, 0.5) is 0 Å². The number of pyridine rings is 1. The highest BCUT2D eigenvalue weighted by atomic mass is 15.1. The lowest BCUT2D eigenvalue weighted by Crippen LogP contribution is -2.05. The number of benzene rings is 9. The van der Waals surface area contributed by atoms with Crippen LogP contribution < -0.4 is 0 Å². The van der Waals surface area contributed by atoms with Crippen molar-refractivity contribution in [1.29, 1.82) is 0 Å². The predicted molar refractivity (Wildman–Crippen MR) is 297 cm³/mol. The Morgan fingerprint density at radius 2 is 0.657 bits per heavy atom. The van der Waals surface area contributed by atoms with Crippen molar-refractivity contribution in [2.75, 3.05) is 0 Å². The van der Waals surface area contributed by atoms with Crippen molar-refractivity contribution in [3.63, 3.8) is 0 Å². The Hall–Kier alpha value is -8.47. The van der Waals surface area contributed by atoms with Crippen LogP contribution in [0.1, 0.15) is 38.9 Å². The van der Waals surface area contributed by atoms with Crippen molar-refractivity contribution in [3.8, 4) is 50.7 Å². The van der Waals surface area contributed by atoms with Crippen molar-refractivity contribution < 1.29 is 0 Å². The van der Waals surface area contributed by atoms with Gasteiger partial charge >= 0.3 is 0 Å². The molecule has 0 saturated heterocycles. The fourth-order valence-electron chi connectivity index (χ4n) is 11.0. The van der Waals surface area contributed by atoms with E-state index in [1.54, 1.807) is 0 Å². The van der Waals surface area contributed by atoms with Crippen molar-refractivity contribution in [3.05, 3.63) is 227 Å². The molecule has 70 heavy (non-hydrogen) atoms. The molecule has 4 aromatic heterocycles. The van der Waals surface area contributed by atoms with Gasteiger partial charge in [-0.05, 0) is 156 Å². The Morgan fingerprint density at radius 1 is 0.271 bits per heavy atom. The minimum atomic E-state index is 0.862. The fourth-order valence-corrected chi connectivity index (χ4v) is 11.0. The Balaban J connectivity index is 1.23. The first-order valence-corrected chi connectivity index (χ1v) is 24.4. The fraction of sp³-hybridized carbons (Fsp3) is 0.106. The SMILES string of the molecule is Cc1ccc(-c2cc(-c3ccc(C)cc3)nc(-n3c4ccc(-c5ccc(C)cc5)cc4c4cc(-n5c6ccc(C)cc6c6cc(C)ccc65)cc(-n5c6ccc(C)cc6c6cc(C)ccc65)c43)c2)cc1. The van der Waals surface area contributed by atoms with Gasteiger partial charge in [-0.2, -0.15) is 0 Å². The third-order valence-corrected chi connectivity index (χ3v) is 14.6. The second-order valence-electron chi connectivity index (χ2n) is 19.9. The van der Waals surface area contributed by atoms with Gasteiger partial charge in [0.1, 0.15) is 5.82 Å². The van der Waals surface area contributed by atoms with Gasteiger partial charge in [-0.15, -0.1) is 0 Å². The molecule has 0 amide bonds. The summed E-state index contributed by atoms with van der Waals surface area (Å²) in [5.41, 5.74) is 24.4. The molecule has 13 aromatic rings. The van der Waals surface area contributed by atoms with E-state index < -0.39 is 0 Å². The Morgan fingerprint density at radius 3 is 1.16 bits per heavy atom. The topological polar surface area (TPSA) is 27.7 Å². The number of hydrogen-bond acceptors (Lipinski definition) is 1. The minimum absolute atomic E-state index is 0.862. The zero-order valence-electron chi connectivity index (χ0n) is 40.7. The van der Waals surface area contributed by atoms with E-state index in [1.807, 2.05) is 0 Å². The number of nitrogens with zero attached hydrogens (tertiary/aromatic N) is 4. The summed E-state index contributed by atoms with van der Waals surface area (Å²) >= 11 is 0. The van der Waals surface area contributed by atoms with E-state index in [2.05, 4.69) is 250 Å². The average Bonchev–Trinajstić information content (AvgIpc) is 3.98. The van der Waals surface area contributed by atoms with Gasteiger partial charge in [-0.25, -0.2) is 4.98 Å². The van der Waals surface area contributed by atoms with E-state index in [-0.39, 0.29) is 0 Å². The highest BCUT2D eigenvalue weighted by molar-refractivity contribution is 6.17. The van der Waals surface area contributed by atoms with Gasteiger partial charge in [0.05, 0.1) is 44.5 Å². The number of aromatic nitrogens is 4. The van der Waals surface area contributed by atoms with Crippen LogP contribution in [0.25, 0.3) is 116 Å². The number of fused-ring (bicyclic) bond motifs is 9. The molecule has 0 bridgehead atoms. The molecule has 0 N–H and O–H groups in total. The molecule has 13 rings (SSSR count). The highest BCUT2D eigenvalue weighted by Gasteiger charge is 2.25. The first kappa shape index (κ1) is 41.7. The summed E-state index contributed by atoms with van der Waals surface area (Å²) < 4.78 is 7.47. The molecular formula is C66H52N4. The van der Waals surface area contributed by atoms with Gasteiger partial charge in [-0.1, -0.05) is 142 Å². The summed E-state index contributed by atoms with van der Waals surface area (Å²) in [6.07, 6.45) is 0. The molecule has 336 valence electrons. The van der Waals surface area contributed by atoms with Crippen LogP contribution >= 0.6 is 0 Å². The third-order valence-electron chi connectivity index (χ3n) is 14.6. The molecule has 0 radical (unpaired) electrons. The minimum Gasteiger partial charge on any atom is -0.309 e. The van der Waals surface area contributed by atoms with Gasteiger partial charge in [0.25, 0.3) is 0 Å². The van der Waals surface area contributed by atoms with Gasteiger partial charge in [-0.3, -0.25) is 4.57 Å². The maximum Gasteiger partial charge on any atom is 0.138 e. The van der Waals surface area contributed by atoms with E-state index >= 15 is 0 Å². The summed E-state index contributed by atoms with van der Waals surface area (Å²) in [5.74, 6) is 0.862. The van der Waals surface area contributed by atoms with Gasteiger partial charge in [0, 0.05) is 43.6 Å². The molecule has 9 aromatic carbocycles. The van der Waals surface area contributed by atoms with Crippen LogP contribution in [0.2, 0.25) is 0 Å². The maximum absolute atomic E-state index is 5.70. The van der Waals surface area contributed by atoms with Crippen molar-refractivity contribution in [2.45, 2.75) is 48.5 Å². The summed E-state index contributed by atoms with van der Waals surface area (Å²) in [6.45, 7) is 15.2. The third kappa shape index (κ3) is 6.70. The monoisotopic (exact) mass is 900 g/mol. The zero-order valence-corrected chi connectivity index (χ0v) is 40.7. The molecule has 0 aliphatic carbocycles. The molecule has 0 aliphatic heterocycles. The van der Waals surface area contributed by atoms with Crippen LogP contribution in [0.5, 0.6) is 0 Å². The summed E-state index contributed by atoms with van der Waals surface area (Å²) in [5, 5.41) is 7.31. The largest absolute Gasteiger partial charge is 0.309 e. The molecule has 0 aliphatic rings. The quantitative estimate of drug-likeness (QED) is 0.163. The van der Waals surface area contributed by atoms with Crippen LogP contribution in [0, 0.1) is 48.5 Å². The standard InChI is InChI=1S/C66H52N4/c1-39-8-18-46(19-9-39)49-24-29-63-56(34-49)57-37-51(68-59-25-14-42(4)30-52(59)53-31-43(5)15-26-60(53)68)38-64(69-61-27-16-44(6)32-54(61)55-33-45(7)17-28-62(55)69)66(57)70(63)65-36-50(47-20-10-40(2)11-21-47)35-58(67-65)48-22-12-41(3)13-23-48/h8-38H,1-7H3. The van der Waals surface area contributed by atoms with E-state index in [9.17, 15) is 0 Å². The first-order chi connectivity index (χ1) is 34.0. The average molecular weight is 901 g/mol. The molecule has 0 atom stereocenters. The number of hydrogen-bond donors (Lipinski definition) is 0. The summed E-state index contributed by atoms with van der Waals surface area (Å²) in [6, 6.07) is 70.7. The van der Waals surface area contributed by atoms with E-state index in [1.165, 1.54) is 82.6 Å². The molecule has 4 heteroatoms. The Labute approximate surface area is 408 Å². The normalized spacial score (nSPS) is 11.9. The van der Waals surface area contributed by atoms with Crippen LogP contribution in [-0.2, 0) is 0 Å². The highest BCUT2D eigenvalue weighted by Crippen LogP contribution is 2.45. The summed E-state index contributed by atoms with van der Waals surface area (Å²) in [7, 11) is 0. The molecule has 0 fully saturated rings. The van der Waals surface area contributed by atoms with Crippen molar-refractivity contribution in [2.24, 2.45) is 0 Å². The predicted octanol–water partition coefficient (Wildman–Crippen LogP) is 17.5. The molecule has 0 spiro atoms. The van der Waals surface area contributed by atoms with Crippen LogP contribution in [0.15, 0.2) is 188 Å². The Bertz CT molecular complexity index is 4090. The van der Waals surface area contributed by atoms with Crippen molar-refractivity contribution >= 4 is 65.4 Å². The molecule has 0 unspecified atom stereocenters. The zero-order chi connectivity index (χ0) is 47.5. The molecule has 4 heterocycles. The lowest BCUT2D eigenvalue weighted by Gasteiger charge is -2.18. The lowest BCUT2D eigenvalue weighted by molar-refractivity contribution is 1.06. The van der Waals surface area contributed by atoms with Crippen LogP contribution in [-0.4, -0.2) is 18.7 Å². The van der Waals surface area contributed by atoms with E-state index in [0.717, 1.165) is 72.4 Å².